The zero-order chi connectivity index (χ0) is 14.0. The fraction of sp³-hybridized carbons (Fsp3) is 0.533. The number of aliphatic hydroxyl groups is 1. The lowest BCUT2D eigenvalue weighted by atomic mass is 9.88. The van der Waals surface area contributed by atoms with E-state index in [1.807, 2.05) is 35.9 Å². The topological polar surface area (TPSA) is 64.1 Å². The minimum atomic E-state index is -0.444. The van der Waals surface area contributed by atoms with E-state index >= 15 is 0 Å². The number of aryl methyl sites for hydroxylation is 1. The highest BCUT2D eigenvalue weighted by Crippen LogP contribution is 2.20. The molecule has 104 valence electrons. The Hall–Kier alpha value is -1.39. The molecule has 0 saturated carbocycles. The van der Waals surface area contributed by atoms with Gasteiger partial charge in [0.15, 0.2) is 0 Å². The Morgan fingerprint density at radius 2 is 2.00 bits per heavy atom. The van der Waals surface area contributed by atoms with Gasteiger partial charge < -0.3 is 15.4 Å². The molecule has 19 heavy (non-hydrogen) atoms. The van der Waals surface area contributed by atoms with Gasteiger partial charge in [0.1, 0.15) is 5.82 Å². The number of imidazole rings is 1. The third-order valence-electron chi connectivity index (χ3n) is 3.89. The molecule has 0 radical (unpaired) electrons. The van der Waals surface area contributed by atoms with Crippen molar-refractivity contribution in [3.8, 4) is 0 Å². The summed E-state index contributed by atoms with van der Waals surface area (Å²) in [5, 5.41) is 10.3. The monoisotopic (exact) mass is 261 g/mol. The molecule has 0 fully saturated rings. The predicted molar refractivity (Wildman–Crippen MR) is 77.8 cm³/mol. The number of nitrogens with zero attached hydrogens (tertiary/aromatic N) is 2. The molecule has 1 heterocycles. The van der Waals surface area contributed by atoms with E-state index in [0.717, 1.165) is 16.9 Å². The summed E-state index contributed by atoms with van der Waals surface area (Å²) in [6.45, 7) is 4.69. The van der Waals surface area contributed by atoms with Crippen molar-refractivity contribution >= 4 is 11.0 Å². The third kappa shape index (κ3) is 2.80. The Labute approximate surface area is 114 Å². The molecule has 0 aliphatic heterocycles. The number of rotatable bonds is 5. The molecule has 2 unspecified atom stereocenters. The van der Waals surface area contributed by atoms with E-state index in [4.69, 9.17) is 5.73 Å². The lowest BCUT2D eigenvalue weighted by Gasteiger charge is -2.24. The Balaban J connectivity index is 2.23. The summed E-state index contributed by atoms with van der Waals surface area (Å²) in [6.07, 6.45) is 0.103. The zero-order valence-corrected chi connectivity index (χ0v) is 11.9. The van der Waals surface area contributed by atoms with Crippen LogP contribution < -0.4 is 5.73 Å². The summed E-state index contributed by atoms with van der Waals surface area (Å²) in [5.74, 6) is 1.39. The molecule has 3 N–H and O–H groups in total. The molecule has 4 nitrogen and oxygen atoms in total. The number of hydrogen-bond acceptors (Lipinski definition) is 3. The second-order valence-electron chi connectivity index (χ2n) is 5.49. The van der Waals surface area contributed by atoms with Crippen molar-refractivity contribution in [1.29, 1.82) is 0 Å². The maximum atomic E-state index is 10.3. The quantitative estimate of drug-likeness (QED) is 0.861. The van der Waals surface area contributed by atoms with Gasteiger partial charge in [-0.2, -0.15) is 0 Å². The maximum absolute atomic E-state index is 10.3. The highest BCUT2D eigenvalue weighted by atomic mass is 16.3. The van der Waals surface area contributed by atoms with Crippen LogP contribution in [0.1, 0.15) is 19.7 Å². The van der Waals surface area contributed by atoms with Crippen molar-refractivity contribution in [2.24, 2.45) is 24.6 Å². The first-order chi connectivity index (χ1) is 9.04. The van der Waals surface area contributed by atoms with Crippen LogP contribution in [0.5, 0.6) is 0 Å². The molecule has 0 bridgehead atoms. The normalized spacial score (nSPS) is 15.1. The summed E-state index contributed by atoms with van der Waals surface area (Å²) >= 11 is 0. The smallest absolute Gasteiger partial charge is 0.112 e. The number of aromatic nitrogens is 2. The third-order valence-corrected chi connectivity index (χ3v) is 3.89. The summed E-state index contributed by atoms with van der Waals surface area (Å²) < 4.78 is 2.05. The van der Waals surface area contributed by atoms with Gasteiger partial charge in [-0.15, -0.1) is 0 Å². The van der Waals surface area contributed by atoms with Crippen molar-refractivity contribution in [1.82, 2.24) is 9.55 Å². The van der Waals surface area contributed by atoms with E-state index in [1.165, 1.54) is 0 Å². The average molecular weight is 261 g/mol. The van der Waals surface area contributed by atoms with Crippen molar-refractivity contribution < 1.29 is 5.11 Å². The zero-order valence-electron chi connectivity index (χ0n) is 11.9. The van der Waals surface area contributed by atoms with Gasteiger partial charge in [0.2, 0.25) is 0 Å². The van der Waals surface area contributed by atoms with Crippen molar-refractivity contribution in [2.75, 3.05) is 6.54 Å². The van der Waals surface area contributed by atoms with Crippen LogP contribution in [0.3, 0.4) is 0 Å². The predicted octanol–water partition coefficient (Wildman–Crippen LogP) is 1.71. The van der Waals surface area contributed by atoms with Gasteiger partial charge in [-0.3, -0.25) is 0 Å². The van der Waals surface area contributed by atoms with Crippen LogP contribution in [0.2, 0.25) is 0 Å². The molecule has 2 atom stereocenters. The number of benzene rings is 1. The summed E-state index contributed by atoms with van der Waals surface area (Å²) in [7, 11) is 1.99. The fourth-order valence-corrected chi connectivity index (χ4v) is 2.59. The van der Waals surface area contributed by atoms with Crippen molar-refractivity contribution in [3.05, 3.63) is 30.1 Å². The van der Waals surface area contributed by atoms with E-state index in [1.54, 1.807) is 0 Å². The SMILES string of the molecule is CC(C)C(CN)C(O)Cc1nc2ccccc2n1C. The molecule has 2 rings (SSSR count). The van der Waals surface area contributed by atoms with Crippen LogP contribution in [0.4, 0.5) is 0 Å². The molecule has 0 aliphatic carbocycles. The van der Waals surface area contributed by atoms with Gasteiger partial charge in [-0.25, -0.2) is 4.98 Å². The Morgan fingerprint density at radius 1 is 1.32 bits per heavy atom. The first-order valence-electron chi connectivity index (χ1n) is 6.83. The molecule has 4 heteroatoms. The Morgan fingerprint density at radius 3 is 2.58 bits per heavy atom. The number of hydrogen-bond donors (Lipinski definition) is 2. The number of nitrogens with two attached hydrogens (primary N) is 1. The Kier molecular flexibility index (Phi) is 4.22. The number of fused-ring (bicyclic) bond motifs is 1. The van der Waals surface area contributed by atoms with E-state index < -0.39 is 6.10 Å². The standard InChI is InChI=1S/C15H23N3O/c1-10(2)11(9-16)14(19)8-15-17-12-6-4-5-7-13(12)18(15)3/h4-7,10-11,14,19H,8-9,16H2,1-3H3. The summed E-state index contributed by atoms with van der Waals surface area (Å²) in [6, 6.07) is 8.02. The van der Waals surface area contributed by atoms with Crippen LogP contribution in [-0.4, -0.2) is 27.3 Å². The minimum Gasteiger partial charge on any atom is -0.392 e. The lowest BCUT2D eigenvalue weighted by Crippen LogP contribution is -2.34. The summed E-state index contributed by atoms with van der Waals surface area (Å²) in [4.78, 5) is 4.59. The van der Waals surface area contributed by atoms with Gasteiger partial charge in [-0.05, 0) is 30.5 Å². The molecule has 0 aliphatic rings. The fourth-order valence-electron chi connectivity index (χ4n) is 2.59. The van der Waals surface area contributed by atoms with Gasteiger partial charge in [0.25, 0.3) is 0 Å². The molecular weight excluding hydrogens is 238 g/mol. The molecule has 1 aromatic heterocycles. The highest BCUT2D eigenvalue weighted by Gasteiger charge is 2.23. The first kappa shape index (κ1) is 14.0. The average Bonchev–Trinajstić information content (AvgIpc) is 2.67. The number of para-hydroxylation sites is 2. The highest BCUT2D eigenvalue weighted by molar-refractivity contribution is 5.75. The van der Waals surface area contributed by atoms with E-state index in [0.29, 0.717) is 18.9 Å². The van der Waals surface area contributed by atoms with Crippen LogP contribution in [0.25, 0.3) is 11.0 Å². The second kappa shape index (κ2) is 5.72. The minimum absolute atomic E-state index is 0.111. The van der Waals surface area contributed by atoms with Gasteiger partial charge in [0.05, 0.1) is 17.1 Å². The van der Waals surface area contributed by atoms with E-state index in [-0.39, 0.29) is 5.92 Å². The molecular formula is C15H23N3O. The van der Waals surface area contributed by atoms with E-state index in [2.05, 4.69) is 18.8 Å². The van der Waals surface area contributed by atoms with Gasteiger partial charge in [0, 0.05) is 13.5 Å². The van der Waals surface area contributed by atoms with Crippen molar-refractivity contribution in [3.63, 3.8) is 0 Å². The molecule has 0 amide bonds. The van der Waals surface area contributed by atoms with Crippen LogP contribution in [-0.2, 0) is 13.5 Å². The van der Waals surface area contributed by atoms with Gasteiger partial charge in [-0.1, -0.05) is 26.0 Å². The maximum Gasteiger partial charge on any atom is 0.112 e. The van der Waals surface area contributed by atoms with Crippen LogP contribution in [0.15, 0.2) is 24.3 Å². The molecule has 0 spiro atoms. The van der Waals surface area contributed by atoms with Gasteiger partial charge >= 0.3 is 0 Å². The Bertz CT molecular complexity index is 547. The molecule has 1 aromatic carbocycles. The molecule has 0 saturated heterocycles. The number of aliphatic hydroxyl groups excluding tert-OH is 1. The second-order valence-corrected chi connectivity index (χ2v) is 5.49. The first-order valence-corrected chi connectivity index (χ1v) is 6.83. The summed E-state index contributed by atoms with van der Waals surface area (Å²) in [5.41, 5.74) is 7.82. The van der Waals surface area contributed by atoms with E-state index in [9.17, 15) is 5.11 Å². The van der Waals surface area contributed by atoms with Crippen molar-refractivity contribution in [2.45, 2.75) is 26.4 Å². The lowest BCUT2D eigenvalue weighted by molar-refractivity contribution is 0.0841. The molecule has 2 aromatic rings. The van der Waals surface area contributed by atoms with Crippen LogP contribution >= 0.6 is 0 Å². The largest absolute Gasteiger partial charge is 0.392 e. The van der Waals surface area contributed by atoms with Crippen LogP contribution in [0, 0.1) is 11.8 Å².